The van der Waals surface area contributed by atoms with Gasteiger partial charge in [0.05, 0.1) is 11.4 Å². The van der Waals surface area contributed by atoms with E-state index in [9.17, 15) is 4.79 Å². The number of hydrazone groups is 1. The van der Waals surface area contributed by atoms with E-state index < -0.39 is 0 Å². The Labute approximate surface area is 179 Å². The number of carbonyl (C=O) groups excluding carboxylic acids is 1. The standard InChI is InChI=1S/C20H33N7OS/c1-6-18-19(21-7-2)17(8-9-27(18)16(3)28)22-23-20(29)26-14-12-25(13-15-26)11-10-24(4)5/h6-7H,2,8-15H2,1,3-5H3,(H,23,29)/b18-6+,21-19-,22-17-. The molecule has 2 aliphatic rings. The highest BCUT2D eigenvalue weighted by atomic mass is 32.1. The van der Waals surface area contributed by atoms with Gasteiger partial charge in [-0.1, -0.05) is 12.7 Å². The third kappa shape index (κ3) is 6.45. The maximum Gasteiger partial charge on any atom is 0.223 e. The molecule has 0 spiro atoms. The molecule has 0 atom stereocenters. The first-order chi connectivity index (χ1) is 13.9. The minimum atomic E-state index is -0.00969. The van der Waals surface area contributed by atoms with Crippen molar-refractivity contribution in [2.45, 2.75) is 20.3 Å². The highest BCUT2D eigenvalue weighted by molar-refractivity contribution is 7.80. The van der Waals surface area contributed by atoms with E-state index in [1.165, 1.54) is 6.20 Å². The minimum absolute atomic E-state index is 0.00969. The average molecular weight is 420 g/mol. The lowest BCUT2D eigenvalue weighted by Gasteiger charge is -2.36. The van der Waals surface area contributed by atoms with Crippen molar-refractivity contribution in [2.24, 2.45) is 10.1 Å². The molecular formula is C20H33N7OS. The van der Waals surface area contributed by atoms with Crippen LogP contribution < -0.4 is 5.43 Å². The summed E-state index contributed by atoms with van der Waals surface area (Å²) in [6, 6.07) is 0. The van der Waals surface area contributed by atoms with Gasteiger partial charge in [-0.3, -0.25) is 20.1 Å². The molecule has 29 heavy (non-hydrogen) atoms. The molecule has 0 aromatic carbocycles. The molecule has 0 saturated carbocycles. The molecule has 2 rings (SSSR count). The number of aliphatic imine (C=N–C) groups is 1. The van der Waals surface area contributed by atoms with E-state index in [1.807, 2.05) is 13.0 Å². The smallest absolute Gasteiger partial charge is 0.223 e. The molecule has 8 nitrogen and oxygen atoms in total. The Morgan fingerprint density at radius 2 is 1.97 bits per heavy atom. The Kier molecular flexibility index (Phi) is 8.94. The van der Waals surface area contributed by atoms with Crippen LogP contribution in [0, 0.1) is 0 Å². The van der Waals surface area contributed by atoms with E-state index in [2.05, 4.69) is 50.9 Å². The van der Waals surface area contributed by atoms with Crippen LogP contribution in [0.15, 0.2) is 34.6 Å². The molecule has 1 N–H and O–H groups in total. The van der Waals surface area contributed by atoms with Gasteiger partial charge in [0, 0.05) is 65.4 Å². The number of hydrogen-bond acceptors (Lipinski definition) is 6. The first-order valence-electron chi connectivity index (χ1n) is 9.99. The van der Waals surface area contributed by atoms with Crippen LogP contribution in [-0.4, -0.2) is 102 Å². The second-order valence-corrected chi connectivity index (χ2v) is 7.75. The van der Waals surface area contributed by atoms with Crippen LogP contribution in [0.1, 0.15) is 20.3 Å². The van der Waals surface area contributed by atoms with Crippen molar-refractivity contribution in [1.82, 2.24) is 25.0 Å². The lowest BCUT2D eigenvalue weighted by atomic mass is 10.0. The lowest BCUT2D eigenvalue weighted by Crippen LogP contribution is -2.52. The Hall–Kier alpha value is -2.10. The monoisotopic (exact) mass is 419 g/mol. The van der Waals surface area contributed by atoms with Crippen LogP contribution in [0.3, 0.4) is 0 Å². The van der Waals surface area contributed by atoms with Gasteiger partial charge in [0.25, 0.3) is 0 Å². The predicted molar refractivity (Wildman–Crippen MR) is 123 cm³/mol. The van der Waals surface area contributed by atoms with Crippen molar-refractivity contribution in [1.29, 1.82) is 0 Å². The zero-order valence-electron chi connectivity index (χ0n) is 18.0. The van der Waals surface area contributed by atoms with Crippen LogP contribution in [0.25, 0.3) is 0 Å². The summed E-state index contributed by atoms with van der Waals surface area (Å²) in [7, 11) is 4.19. The van der Waals surface area contributed by atoms with Crippen LogP contribution in [0.2, 0.25) is 0 Å². The second kappa shape index (κ2) is 11.2. The average Bonchev–Trinajstić information content (AvgIpc) is 2.71. The summed E-state index contributed by atoms with van der Waals surface area (Å²) in [6.45, 7) is 13.6. The summed E-state index contributed by atoms with van der Waals surface area (Å²) in [6.07, 6.45) is 3.96. The van der Waals surface area contributed by atoms with Gasteiger partial charge in [0.15, 0.2) is 5.11 Å². The number of thiocarbonyl (C=S) groups is 1. The maximum atomic E-state index is 11.9. The topological polar surface area (TPSA) is 66.8 Å². The van der Waals surface area contributed by atoms with Crippen LogP contribution in [0.4, 0.5) is 0 Å². The van der Waals surface area contributed by atoms with Gasteiger partial charge in [-0.15, -0.1) is 0 Å². The molecule has 0 radical (unpaired) electrons. The molecule has 2 aliphatic heterocycles. The zero-order chi connectivity index (χ0) is 21.4. The molecule has 1 amide bonds. The molecule has 0 aromatic heterocycles. The number of likely N-dealkylation sites (N-methyl/N-ethyl adjacent to an activating group) is 1. The van der Waals surface area contributed by atoms with Gasteiger partial charge >= 0.3 is 0 Å². The largest absolute Gasteiger partial charge is 0.345 e. The molecule has 2 fully saturated rings. The zero-order valence-corrected chi connectivity index (χ0v) is 18.8. The molecule has 160 valence electrons. The minimum Gasteiger partial charge on any atom is -0.345 e. The van der Waals surface area contributed by atoms with E-state index in [0.717, 1.165) is 50.7 Å². The molecule has 0 aliphatic carbocycles. The van der Waals surface area contributed by atoms with Gasteiger partial charge in [-0.25, -0.2) is 0 Å². The number of allylic oxidation sites excluding steroid dienone is 2. The summed E-state index contributed by atoms with van der Waals surface area (Å²) in [5, 5.41) is 5.16. The first kappa shape index (κ1) is 23.2. The summed E-state index contributed by atoms with van der Waals surface area (Å²) < 4.78 is 0. The number of hydrogen-bond donors (Lipinski definition) is 1. The van der Waals surface area contributed by atoms with Gasteiger partial charge in [0.1, 0.15) is 5.71 Å². The predicted octanol–water partition coefficient (Wildman–Crippen LogP) is 1.14. The van der Waals surface area contributed by atoms with E-state index in [-0.39, 0.29) is 5.91 Å². The summed E-state index contributed by atoms with van der Waals surface area (Å²) in [5.41, 5.74) is 5.23. The Morgan fingerprint density at radius 3 is 2.52 bits per heavy atom. The van der Waals surface area contributed by atoms with Crippen molar-refractivity contribution >= 4 is 34.7 Å². The van der Waals surface area contributed by atoms with Crippen molar-refractivity contribution in [3.63, 3.8) is 0 Å². The van der Waals surface area contributed by atoms with Gasteiger partial charge in [0.2, 0.25) is 5.91 Å². The number of nitrogens with zero attached hydrogens (tertiary/aromatic N) is 6. The van der Waals surface area contributed by atoms with E-state index in [1.54, 1.807) is 11.8 Å². The SMILES string of the molecule is C=C/N=C1C(=N\NC(=S)N2CCN(CCN(C)C)CC2)/CCN(C(C)=O)C/1=C/C. The van der Waals surface area contributed by atoms with Crippen molar-refractivity contribution in [2.75, 3.05) is 59.9 Å². The van der Waals surface area contributed by atoms with Crippen LogP contribution in [-0.2, 0) is 4.79 Å². The number of carbonyl (C=O) groups is 1. The third-order valence-electron chi connectivity index (χ3n) is 5.06. The van der Waals surface area contributed by atoms with Gasteiger partial charge in [-0.05, 0) is 33.2 Å². The fourth-order valence-corrected chi connectivity index (χ4v) is 3.62. The summed E-state index contributed by atoms with van der Waals surface area (Å²) in [5.74, 6) is -0.00969. The van der Waals surface area contributed by atoms with Crippen molar-refractivity contribution in [3.8, 4) is 0 Å². The molecule has 9 heteroatoms. The fourth-order valence-electron chi connectivity index (χ4n) is 3.39. The normalized spacial score (nSPS) is 22.6. The number of amides is 1. The first-order valence-corrected chi connectivity index (χ1v) is 10.4. The fraction of sp³-hybridized carbons (Fsp3) is 0.600. The second-order valence-electron chi connectivity index (χ2n) is 7.36. The third-order valence-corrected chi connectivity index (χ3v) is 5.41. The van der Waals surface area contributed by atoms with Crippen LogP contribution in [0.5, 0.6) is 0 Å². The molecular weight excluding hydrogens is 386 g/mol. The lowest BCUT2D eigenvalue weighted by molar-refractivity contribution is -0.126. The summed E-state index contributed by atoms with van der Waals surface area (Å²) in [4.78, 5) is 24.8. The molecule has 2 saturated heterocycles. The quantitative estimate of drug-likeness (QED) is 0.532. The Morgan fingerprint density at radius 1 is 1.28 bits per heavy atom. The summed E-state index contributed by atoms with van der Waals surface area (Å²) >= 11 is 5.55. The van der Waals surface area contributed by atoms with Crippen molar-refractivity contribution in [3.05, 3.63) is 24.6 Å². The van der Waals surface area contributed by atoms with E-state index in [4.69, 9.17) is 12.2 Å². The highest BCUT2D eigenvalue weighted by Gasteiger charge is 2.28. The molecule has 0 unspecified atom stereocenters. The number of piperidine rings is 1. The molecule has 0 bridgehead atoms. The number of rotatable bonds is 5. The van der Waals surface area contributed by atoms with Gasteiger partial charge < -0.3 is 14.7 Å². The Bertz CT molecular complexity index is 706. The molecule has 0 aromatic rings. The van der Waals surface area contributed by atoms with E-state index in [0.29, 0.717) is 23.8 Å². The van der Waals surface area contributed by atoms with Crippen LogP contribution >= 0.6 is 12.2 Å². The Balaban J connectivity index is 1.98. The number of nitrogens with one attached hydrogen (secondary N) is 1. The van der Waals surface area contributed by atoms with Crippen molar-refractivity contribution < 1.29 is 4.79 Å². The maximum absolute atomic E-state index is 11.9. The highest BCUT2D eigenvalue weighted by Crippen LogP contribution is 2.18. The number of likely N-dealkylation sites (tertiary alicyclic amines) is 1. The van der Waals surface area contributed by atoms with E-state index >= 15 is 0 Å². The molecule has 2 heterocycles. The number of piperazine rings is 1. The van der Waals surface area contributed by atoms with Gasteiger partial charge in [-0.2, -0.15) is 5.10 Å².